The molecule has 1 aromatic rings. The van der Waals surface area contributed by atoms with E-state index in [-0.39, 0.29) is 0 Å². The molecule has 0 amide bonds. The molecule has 1 aliphatic rings. The van der Waals surface area contributed by atoms with Gasteiger partial charge in [-0.1, -0.05) is 38.0 Å². The minimum atomic E-state index is 0.452. The lowest BCUT2D eigenvalue weighted by Gasteiger charge is -2.30. The lowest BCUT2D eigenvalue weighted by Crippen LogP contribution is -2.52. The summed E-state index contributed by atoms with van der Waals surface area (Å²) in [5.74, 6) is 0.658. The van der Waals surface area contributed by atoms with Crippen molar-refractivity contribution in [3.63, 3.8) is 0 Å². The largest absolute Gasteiger partial charge is 0.358 e. The zero-order valence-electron chi connectivity index (χ0n) is 13.1. The van der Waals surface area contributed by atoms with E-state index in [1.54, 1.807) is 0 Å². The SMILES string of the molecule is Cc1ccccc1NC(=S)NNC(=S)N[C@@H]1CCCC[C@H]1C. The van der Waals surface area contributed by atoms with Gasteiger partial charge in [-0.3, -0.25) is 10.9 Å². The quantitative estimate of drug-likeness (QED) is 0.491. The molecule has 0 unspecified atom stereocenters. The lowest BCUT2D eigenvalue weighted by atomic mass is 9.86. The topological polar surface area (TPSA) is 48.1 Å². The second-order valence-corrected chi connectivity index (χ2v) is 6.68. The van der Waals surface area contributed by atoms with Gasteiger partial charge in [0.2, 0.25) is 0 Å². The molecule has 4 N–H and O–H groups in total. The van der Waals surface area contributed by atoms with E-state index >= 15 is 0 Å². The van der Waals surface area contributed by atoms with Gasteiger partial charge in [0.25, 0.3) is 0 Å². The van der Waals surface area contributed by atoms with Gasteiger partial charge in [-0.05, 0) is 61.7 Å². The van der Waals surface area contributed by atoms with Crippen molar-refractivity contribution in [1.29, 1.82) is 0 Å². The first-order chi connectivity index (χ1) is 10.6. The molecule has 0 radical (unpaired) electrons. The molecule has 0 saturated heterocycles. The van der Waals surface area contributed by atoms with E-state index in [4.69, 9.17) is 24.4 Å². The maximum absolute atomic E-state index is 5.32. The highest BCUT2D eigenvalue weighted by Crippen LogP contribution is 2.23. The molecule has 22 heavy (non-hydrogen) atoms. The summed E-state index contributed by atoms with van der Waals surface area (Å²) in [6.07, 6.45) is 5.03. The van der Waals surface area contributed by atoms with Crippen molar-refractivity contribution in [2.24, 2.45) is 5.92 Å². The summed E-state index contributed by atoms with van der Waals surface area (Å²) in [6.45, 7) is 4.31. The molecule has 6 heteroatoms. The van der Waals surface area contributed by atoms with E-state index in [1.807, 2.05) is 31.2 Å². The van der Waals surface area contributed by atoms with Crippen LogP contribution in [0, 0.1) is 12.8 Å². The van der Waals surface area contributed by atoms with E-state index in [1.165, 1.54) is 25.7 Å². The van der Waals surface area contributed by atoms with E-state index in [2.05, 4.69) is 28.4 Å². The number of hydrogen-bond acceptors (Lipinski definition) is 2. The summed E-state index contributed by atoms with van der Waals surface area (Å²) < 4.78 is 0. The number of para-hydroxylation sites is 1. The van der Waals surface area contributed by atoms with Gasteiger partial charge in [0.15, 0.2) is 10.2 Å². The van der Waals surface area contributed by atoms with Crippen molar-refractivity contribution in [2.75, 3.05) is 5.32 Å². The van der Waals surface area contributed by atoms with Crippen LogP contribution in [0.5, 0.6) is 0 Å². The minimum Gasteiger partial charge on any atom is -0.358 e. The molecule has 0 aromatic heterocycles. The van der Waals surface area contributed by atoms with Crippen LogP contribution in [0.25, 0.3) is 0 Å². The average molecular weight is 337 g/mol. The van der Waals surface area contributed by atoms with Crippen molar-refractivity contribution in [3.05, 3.63) is 29.8 Å². The van der Waals surface area contributed by atoms with Crippen molar-refractivity contribution >= 4 is 40.3 Å². The number of hydrogen-bond donors (Lipinski definition) is 4. The Bertz CT molecular complexity index is 533. The van der Waals surface area contributed by atoms with Crippen LogP contribution in [0.3, 0.4) is 0 Å². The standard InChI is InChI=1S/C16H24N4S2/c1-11-7-3-5-9-13(11)17-15(21)19-20-16(22)18-14-10-6-4-8-12(14)2/h3,5,7,9,12,14H,4,6,8,10H2,1-2H3,(H2,17,19,21)(H2,18,20,22)/t12-,14-/m1/s1. The summed E-state index contributed by atoms with van der Waals surface area (Å²) in [6, 6.07) is 8.45. The molecule has 2 atom stereocenters. The van der Waals surface area contributed by atoms with Crippen LogP contribution in [0.1, 0.15) is 38.2 Å². The van der Waals surface area contributed by atoms with Crippen molar-refractivity contribution < 1.29 is 0 Å². The Labute approximate surface area is 143 Å². The fourth-order valence-electron chi connectivity index (χ4n) is 2.72. The fraction of sp³-hybridized carbons (Fsp3) is 0.500. The van der Waals surface area contributed by atoms with Gasteiger partial charge < -0.3 is 10.6 Å². The second kappa shape index (κ2) is 8.29. The molecule has 0 heterocycles. The van der Waals surface area contributed by atoms with E-state index in [9.17, 15) is 0 Å². The average Bonchev–Trinajstić information content (AvgIpc) is 2.50. The Morgan fingerprint density at radius 2 is 1.73 bits per heavy atom. The first kappa shape index (κ1) is 17.0. The highest BCUT2D eigenvalue weighted by atomic mass is 32.1. The molecular weight excluding hydrogens is 312 g/mol. The number of aryl methyl sites for hydroxylation is 1. The number of thiocarbonyl (C=S) groups is 2. The highest BCUT2D eigenvalue weighted by molar-refractivity contribution is 7.80. The summed E-state index contributed by atoms with van der Waals surface area (Å²) in [7, 11) is 0. The Morgan fingerprint density at radius 1 is 1.05 bits per heavy atom. The van der Waals surface area contributed by atoms with Crippen LogP contribution in [-0.2, 0) is 0 Å². The van der Waals surface area contributed by atoms with Gasteiger partial charge in [-0.15, -0.1) is 0 Å². The van der Waals surface area contributed by atoms with E-state index in [0.29, 0.717) is 22.2 Å². The summed E-state index contributed by atoms with van der Waals surface area (Å²) in [4.78, 5) is 0. The smallest absolute Gasteiger partial charge is 0.189 e. The van der Waals surface area contributed by atoms with Crippen molar-refractivity contribution in [3.8, 4) is 0 Å². The van der Waals surface area contributed by atoms with Crippen LogP contribution < -0.4 is 21.5 Å². The first-order valence-corrected chi connectivity index (χ1v) is 8.57. The Kier molecular flexibility index (Phi) is 6.39. The van der Waals surface area contributed by atoms with E-state index in [0.717, 1.165) is 11.3 Å². The third kappa shape index (κ3) is 5.10. The molecule has 120 valence electrons. The number of nitrogens with one attached hydrogen (secondary N) is 4. The molecule has 0 spiro atoms. The molecular formula is C16H24N4S2. The van der Waals surface area contributed by atoms with Gasteiger partial charge in [0.05, 0.1) is 0 Å². The van der Waals surface area contributed by atoms with Gasteiger partial charge in [0.1, 0.15) is 0 Å². The van der Waals surface area contributed by atoms with Crippen molar-refractivity contribution in [2.45, 2.75) is 45.6 Å². The monoisotopic (exact) mass is 336 g/mol. The van der Waals surface area contributed by atoms with Crippen LogP contribution in [0.2, 0.25) is 0 Å². The van der Waals surface area contributed by atoms with Crippen LogP contribution in [0.4, 0.5) is 5.69 Å². The highest BCUT2D eigenvalue weighted by Gasteiger charge is 2.21. The summed E-state index contributed by atoms with van der Waals surface area (Å²) >= 11 is 10.6. The molecule has 1 fully saturated rings. The summed E-state index contributed by atoms with van der Waals surface area (Å²) in [5.41, 5.74) is 8.02. The third-order valence-electron chi connectivity index (χ3n) is 4.11. The van der Waals surface area contributed by atoms with Crippen LogP contribution in [-0.4, -0.2) is 16.3 Å². The van der Waals surface area contributed by atoms with Gasteiger partial charge >= 0.3 is 0 Å². The Morgan fingerprint density at radius 3 is 2.45 bits per heavy atom. The second-order valence-electron chi connectivity index (χ2n) is 5.86. The van der Waals surface area contributed by atoms with Crippen LogP contribution in [0.15, 0.2) is 24.3 Å². The fourth-order valence-corrected chi connectivity index (χ4v) is 3.08. The lowest BCUT2D eigenvalue weighted by molar-refractivity contribution is 0.308. The molecule has 0 bridgehead atoms. The van der Waals surface area contributed by atoms with Gasteiger partial charge in [-0.25, -0.2) is 0 Å². The Hall–Kier alpha value is -1.40. The first-order valence-electron chi connectivity index (χ1n) is 7.75. The maximum Gasteiger partial charge on any atom is 0.189 e. The predicted molar refractivity (Wildman–Crippen MR) is 101 cm³/mol. The molecule has 1 saturated carbocycles. The predicted octanol–water partition coefficient (Wildman–Crippen LogP) is 3.24. The molecule has 1 aliphatic carbocycles. The molecule has 1 aromatic carbocycles. The van der Waals surface area contributed by atoms with Gasteiger partial charge in [0, 0.05) is 11.7 Å². The minimum absolute atomic E-state index is 0.452. The normalized spacial score (nSPS) is 20.8. The van der Waals surface area contributed by atoms with Crippen LogP contribution >= 0.6 is 24.4 Å². The number of hydrazine groups is 1. The molecule has 0 aliphatic heterocycles. The molecule has 4 nitrogen and oxygen atoms in total. The van der Waals surface area contributed by atoms with Gasteiger partial charge in [-0.2, -0.15) is 0 Å². The number of benzene rings is 1. The zero-order valence-corrected chi connectivity index (χ0v) is 14.7. The van der Waals surface area contributed by atoms with Crippen molar-refractivity contribution in [1.82, 2.24) is 16.2 Å². The molecule has 2 rings (SSSR count). The third-order valence-corrected chi connectivity index (χ3v) is 4.53. The number of anilines is 1. The summed E-state index contributed by atoms with van der Waals surface area (Å²) in [5, 5.41) is 7.60. The maximum atomic E-state index is 5.32. The zero-order chi connectivity index (χ0) is 15.9. The number of rotatable bonds is 2. The Balaban J connectivity index is 1.74. The van der Waals surface area contributed by atoms with E-state index < -0.39 is 0 Å².